The van der Waals surface area contributed by atoms with Crippen molar-refractivity contribution in [3.05, 3.63) is 59.7 Å². The van der Waals surface area contributed by atoms with Crippen LogP contribution in [-0.2, 0) is 14.3 Å². The molecule has 0 heterocycles. The SMILES string of the molecule is CC(C)[C@H](CC(=O)O)NC(=O)C(CN(C)C)NC(=O)OCC1c2ccccc2-c2ccccc21. The van der Waals surface area contributed by atoms with Gasteiger partial charge in [0.2, 0.25) is 5.91 Å². The molecule has 0 saturated carbocycles. The van der Waals surface area contributed by atoms with Gasteiger partial charge in [-0.15, -0.1) is 0 Å². The Kier molecular flexibility index (Phi) is 8.28. The van der Waals surface area contributed by atoms with Crippen molar-refractivity contribution in [2.24, 2.45) is 5.92 Å². The fraction of sp³-hybridized carbons (Fsp3) is 0.423. The maximum absolute atomic E-state index is 12.9. The number of aliphatic carboxylic acids is 1. The first-order valence-electron chi connectivity index (χ1n) is 11.5. The second-order valence-electron chi connectivity index (χ2n) is 9.24. The van der Waals surface area contributed by atoms with Gasteiger partial charge in [-0.1, -0.05) is 62.4 Å². The summed E-state index contributed by atoms with van der Waals surface area (Å²) in [6, 6.07) is 14.7. The van der Waals surface area contributed by atoms with Crippen molar-refractivity contribution in [3.63, 3.8) is 0 Å². The van der Waals surface area contributed by atoms with E-state index in [1.54, 1.807) is 19.0 Å². The molecule has 0 bridgehead atoms. The largest absolute Gasteiger partial charge is 0.481 e. The van der Waals surface area contributed by atoms with Gasteiger partial charge < -0.3 is 25.4 Å². The highest BCUT2D eigenvalue weighted by molar-refractivity contribution is 5.86. The fourth-order valence-electron chi connectivity index (χ4n) is 4.27. The molecule has 182 valence electrons. The number of rotatable bonds is 10. The van der Waals surface area contributed by atoms with Gasteiger partial charge in [-0.3, -0.25) is 9.59 Å². The number of nitrogens with zero attached hydrogens (tertiary/aromatic N) is 1. The number of fused-ring (bicyclic) bond motifs is 3. The summed E-state index contributed by atoms with van der Waals surface area (Å²) in [5, 5.41) is 14.6. The van der Waals surface area contributed by atoms with E-state index in [4.69, 9.17) is 9.84 Å². The molecule has 0 radical (unpaired) electrons. The normalized spacial score (nSPS) is 14.3. The van der Waals surface area contributed by atoms with Gasteiger partial charge in [0.05, 0.1) is 6.42 Å². The number of hydrogen-bond acceptors (Lipinski definition) is 5. The summed E-state index contributed by atoms with van der Waals surface area (Å²) >= 11 is 0. The van der Waals surface area contributed by atoms with Crippen LogP contribution in [0.4, 0.5) is 4.79 Å². The van der Waals surface area contributed by atoms with E-state index < -0.39 is 30.1 Å². The minimum absolute atomic E-state index is 0.0745. The summed E-state index contributed by atoms with van der Waals surface area (Å²) in [6.07, 6.45) is -0.883. The lowest BCUT2D eigenvalue weighted by atomic mass is 9.98. The zero-order valence-corrected chi connectivity index (χ0v) is 20.1. The lowest BCUT2D eigenvalue weighted by Gasteiger charge is -2.26. The highest BCUT2D eigenvalue weighted by Crippen LogP contribution is 2.44. The molecule has 2 aromatic carbocycles. The van der Waals surface area contributed by atoms with Gasteiger partial charge >= 0.3 is 12.1 Å². The lowest BCUT2D eigenvalue weighted by Crippen LogP contribution is -2.54. The molecule has 0 aliphatic heterocycles. The number of likely N-dealkylation sites (N-methyl/N-ethyl adjacent to an activating group) is 1. The van der Waals surface area contributed by atoms with Crippen molar-refractivity contribution in [3.8, 4) is 11.1 Å². The van der Waals surface area contributed by atoms with Crippen LogP contribution < -0.4 is 10.6 Å². The monoisotopic (exact) mass is 467 g/mol. The Hall–Kier alpha value is -3.39. The summed E-state index contributed by atoms with van der Waals surface area (Å²) in [5.41, 5.74) is 4.48. The van der Waals surface area contributed by atoms with Crippen molar-refractivity contribution in [1.29, 1.82) is 0 Å². The van der Waals surface area contributed by atoms with Crippen LogP contribution in [0.15, 0.2) is 48.5 Å². The van der Waals surface area contributed by atoms with Crippen molar-refractivity contribution in [2.45, 2.75) is 38.3 Å². The minimum atomic E-state index is -0.993. The number of nitrogens with one attached hydrogen (secondary N) is 2. The van der Waals surface area contributed by atoms with Gasteiger partial charge in [0.25, 0.3) is 0 Å². The number of carbonyl (C=O) groups excluding carboxylic acids is 2. The van der Waals surface area contributed by atoms with Crippen LogP contribution in [0.3, 0.4) is 0 Å². The summed E-state index contributed by atoms with van der Waals surface area (Å²) in [4.78, 5) is 38.5. The summed E-state index contributed by atoms with van der Waals surface area (Å²) in [7, 11) is 3.58. The van der Waals surface area contributed by atoms with Crippen molar-refractivity contribution in [2.75, 3.05) is 27.2 Å². The number of carbonyl (C=O) groups is 3. The van der Waals surface area contributed by atoms with Gasteiger partial charge in [-0.05, 0) is 42.3 Å². The number of benzene rings is 2. The molecule has 2 atom stereocenters. The van der Waals surface area contributed by atoms with Crippen LogP contribution in [0.2, 0.25) is 0 Å². The van der Waals surface area contributed by atoms with Gasteiger partial charge in [0.1, 0.15) is 12.6 Å². The average Bonchev–Trinajstić information content (AvgIpc) is 3.10. The van der Waals surface area contributed by atoms with Crippen molar-refractivity contribution in [1.82, 2.24) is 15.5 Å². The van der Waals surface area contributed by atoms with Crippen molar-refractivity contribution >= 4 is 18.0 Å². The first-order valence-corrected chi connectivity index (χ1v) is 11.5. The van der Waals surface area contributed by atoms with Crippen LogP contribution in [-0.4, -0.2) is 67.3 Å². The Morgan fingerprint density at radius 3 is 2.03 bits per heavy atom. The molecule has 8 nitrogen and oxygen atoms in total. The Bertz CT molecular complexity index is 991. The molecular weight excluding hydrogens is 434 g/mol. The molecule has 0 aromatic heterocycles. The maximum atomic E-state index is 12.9. The molecule has 2 aromatic rings. The number of alkyl carbamates (subject to hydrolysis) is 1. The van der Waals surface area contributed by atoms with Gasteiger partial charge in [0, 0.05) is 18.5 Å². The second kappa shape index (κ2) is 11.2. The molecule has 0 spiro atoms. The van der Waals surface area contributed by atoms with Crippen LogP contribution >= 0.6 is 0 Å². The Balaban J connectivity index is 1.66. The molecule has 3 N–H and O–H groups in total. The second-order valence-corrected chi connectivity index (χ2v) is 9.24. The Morgan fingerprint density at radius 1 is 0.971 bits per heavy atom. The molecule has 3 rings (SSSR count). The molecule has 1 unspecified atom stereocenters. The van der Waals surface area contributed by atoms with E-state index in [2.05, 4.69) is 22.8 Å². The predicted octanol–water partition coefficient (Wildman–Crippen LogP) is 3.07. The standard InChI is InChI=1S/C26H33N3O5/c1-16(2)22(13-24(30)31)27-25(32)23(14-29(3)4)28-26(33)34-15-21-19-11-7-5-9-17(19)18-10-6-8-12-20(18)21/h5-12,16,21-23H,13-15H2,1-4H3,(H,27,32)(H,28,33)(H,30,31)/t22-,23?/m0/s1. The van der Waals surface area contributed by atoms with E-state index in [1.165, 1.54) is 0 Å². The van der Waals surface area contributed by atoms with E-state index in [0.717, 1.165) is 22.3 Å². The molecule has 0 saturated heterocycles. The molecule has 8 heteroatoms. The number of hydrogen-bond donors (Lipinski definition) is 3. The third-order valence-corrected chi connectivity index (χ3v) is 6.03. The number of amides is 2. The summed E-state index contributed by atoms with van der Waals surface area (Å²) in [6.45, 7) is 4.07. The molecular formula is C26H33N3O5. The van der Waals surface area contributed by atoms with Crippen LogP contribution in [0.5, 0.6) is 0 Å². The predicted molar refractivity (Wildman–Crippen MR) is 130 cm³/mol. The van der Waals surface area contributed by atoms with Gasteiger partial charge in [-0.25, -0.2) is 4.79 Å². The van der Waals surface area contributed by atoms with Crippen molar-refractivity contribution < 1.29 is 24.2 Å². The molecule has 34 heavy (non-hydrogen) atoms. The van der Waals surface area contributed by atoms with E-state index >= 15 is 0 Å². The third kappa shape index (κ3) is 6.14. The molecule has 1 aliphatic carbocycles. The average molecular weight is 468 g/mol. The highest BCUT2D eigenvalue weighted by Gasteiger charge is 2.30. The topological polar surface area (TPSA) is 108 Å². The van der Waals surface area contributed by atoms with E-state index in [-0.39, 0.29) is 31.4 Å². The molecule has 2 amide bonds. The summed E-state index contributed by atoms with van der Waals surface area (Å²) < 4.78 is 5.58. The fourth-order valence-corrected chi connectivity index (χ4v) is 4.27. The number of carboxylic acids is 1. The lowest BCUT2D eigenvalue weighted by molar-refractivity contribution is -0.138. The number of carboxylic acid groups (broad SMARTS) is 1. The van der Waals surface area contributed by atoms with Gasteiger partial charge in [-0.2, -0.15) is 0 Å². The third-order valence-electron chi connectivity index (χ3n) is 6.03. The minimum Gasteiger partial charge on any atom is -0.481 e. The molecule has 1 aliphatic rings. The first-order chi connectivity index (χ1) is 16.2. The van der Waals surface area contributed by atoms with Crippen LogP contribution in [0.1, 0.15) is 37.3 Å². The zero-order valence-electron chi connectivity index (χ0n) is 20.1. The Labute approximate surface area is 200 Å². The maximum Gasteiger partial charge on any atom is 0.407 e. The number of ether oxygens (including phenoxy) is 1. The first kappa shape index (κ1) is 25.2. The smallest absolute Gasteiger partial charge is 0.407 e. The van der Waals surface area contributed by atoms with Gasteiger partial charge in [0.15, 0.2) is 0 Å². The van der Waals surface area contributed by atoms with Crippen LogP contribution in [0, 0.1) is 5.92 Å². The Morgan fingerprint density at radius 2 is 1.53 bits per heavy atom. The van der Waals surface area contributed by atoms with E-state index in [0.29, 0.717) is 0 Å². The van der Waals surface area contributed by atoms with E-state index in [1.807, 2.05) is 50.2 Å². The highest BCUT2D eigenvalue weighted by atomic mass is 16.5. The summed E-state index contributed by atoms with van der Waals surface area (Å²) in [5.74, 6) is -1.59. The quantitative estimate of drug-likeness (QED) is 0.496. The molecule has 0 fully saturated rings. The zero-order chi connectivity index (χ0) is 24.8. The van der Waals surface area contributed by atoms with Crippen LogP contribution in [0.25, 0.3) is 11.1 Å². The van der Waals surface area contributed by atoms with E-state index in [9.17, 15) is 14.4 Å².